The maximum absolute atomic E-state index is 2.60. The van der Waals surface area contributed by atoms with Gasteiger partial charge in [0.1, 0.15) is 0 Å². The molecule has 1 rings (SSSR count). The van der Waals surface area contributed by atoms with E-state index in [2.05, 4.69) is 48.3 Å². The van der Waals surface area contributed by atoms with Gasteiger partial charge in [-0.25, -0.2) is 0 Å². The molecule has 1 unspecified atom stereocenters. The molecule has 0 aromatic carbocycles. The fraction of sp³-hybridized carbons (Fsp3) is 1.00. The van der Waals surface area contributed by atoms with Crippen LogP contribution < -0.4 is 0 Å². The van der Waals surface area contributed by atoms with Gasteiger partial charge in [0.15, 0.2) is 0 Å². The molecular weight excluding hydrogens is 261 g/mol. The van der Waals surface area contributed by atoms with Crippen LogP contribution in [0.25, 0.3) is 0 Å². The van der Waals surface area contributed by atoms with Crippen LogP contribution in [0.3, 0.4) is 0 Å². The molecule has 1 nitrogen and oxygen atoms in total. The molecule has 72 valence electrons. The Bertz CT molecular complexity index is 145. The molecule has 0 bridgehead atoms. The molecule has 1 aliphatic rings. The van der Waals surface area contributed by atoms with Crippen LogP contribution in [-0.2, 0) is 0 Å². The van der Waals surface area contributed by atoms with Crippen molar-refractivity contribution in [3.05, 3.63) is 0 Å². The largest absolute Gasteiger partial charge is 0.302 e. The van der Waals surface area contributed by atoms with Gasteiger partial charge in [0.05, 0.1) is 0 Å². The summed E-state index contributed by atoms with van der Waals surface area (Å²) in [5.74, 6) is 0.892. The van der Waals surface area contributed by atoms with Gasteiger partial charge >= 0.3 is 0 Å². The Morgan fingerprint density at radius 2 is 2.17 bits per heavy atom. The predicted molar refractivity (Wildman–Crippen MR) is 62.9 cm³/mol. The number of rotatable bonds is 2. The molecule has 0 saturated carbocycles. The van der Waals surface area contributed by atoms with E-state index in [1.165, 1.54) is 30.5 Å². The SMILES string of the molecule is CC1CCN(CCI)CC1(C)C. The first-order chi connectivity index (χ1) is 5.56. The second-order valence-corrected chi connectivity index (χ2v) is 5.72. The molecule has 0 aromatic rings. The van der Waals surface area contributed by atoms with E-state index in [9.17, 15) is 0 Å². The second-order valence-electron chi connectivity index (χ2n) is 4.64. The van der Waals surface area contributed by atoms with Crippen LogP contribution in [0.15, 0.2) is 0 Å². The molecular formula is C10H20IN. The Labute approximate surface area is 90.0 Å². The van der Waals surface area contributed by atoms with Gasteiger partial charge < -0.3 is 4.90 Å². The van der Waals surface area contributed by atoms with Crippen molar-refractivity contribution < 1.29 is 0 Å². The highest BCUT2D eigenvalue weighted by Gasteiger charge is 2.32. The number of hydrogen-bond donors (Lipinski definition) is 0. The monoisotopic (exact) mass is 281 g/mol. The van der Waals surface area contributed by atoms with Gasteiger partial charge in [-0.2, -0.15) is 0 Å². The van der Waals surface area contributed by atoms with Gasteiger partial charge in [0.25, 0.3) is 0 Å². The number of likely N-dealkylation sites (tertiary alicyclic amines) is 1. The summed E-state index contributed by atoms with van der Waals surface area (Å²) in [6, 6.07) is 0. The summed E-state index contributed by atoms with van der Waals surface area (Å²) in [6.07, 6.45) is 1.38. The van der Waals surface area contributed by atoms with Crippen LogP contribution in [0.1, 0.15) is 27.2 Å². The van der Waals surface area contributed by atoms with Crippen LogP contribution >= 0.6 is 22.6 Å². The summed E-state index contributed by atoms with van der Waals surface area (Å²) < 4.78 is 1.27. The van der Waals surface area contributed by atoms with E-state index >= 15 is 0 Å². The lowest BCUT2D eigenvalue weighted by Gasteiger charge is -2.42. The molecule has 1 atom stereocenters. The van der Waals surface area contributed by atoms with Gasteiger partial charge in [0.2, 0.25) is 0 Å². The summed E-state index contributed by atoms with van der Waals surface area (Å²) in [4.78, 5) is 2.60. The Hall–Kier alpha value is 0.690. The third-order valence-electron chi connectivity index (χ3n) is 3.24. The molecule has 1 heterocycles. The number of piperidine rings is 1. The van der Waals surface area contributed by atoms with Crippen molar-refractivity contribution in [2.75, 3.05) is 24.1 Å². The highest BCUT2D eigenvalue weighted by atomic mass is 127. The molecule has 12 heavy (non-hydrogen) atoms. The second kappa shape index (κ2) is 4.27. The minimum absolute atomic E-state index is 0.532. The van der Waals surface area contributed by atoms with Gasteiger partial charge in [-0.05, 0) is 24.3 Å². The van der Waals surface area contributed by atoms with E-state index in [4.69, 9.17) is 0 Å². The van der Waals surface area contributed by atoms with Crippen LogP contribution in [0.5, 0.6) is 0 Å². The lowest BCUT2D eigenvalue weighted by molar-refractivity contribution is 0.0699. The Morgan fingerprint density at radius 3 is 2.67 bits per heavy atom. The number of nitrogens with zero attached hydrogens (tertiary/aromatic N) is 1. The minimum atomic E-state index is 0.532. The summed E-state index contributed by atoms with van der Waals surface area (Å²) in [6.45, 7) is 11.1. The molecule has 1 saturated heterocycles. The van der Waals surface area contributed by atoms with E-state index in [0.29, 0.717) is 5.41 Å². The maximum atomic E-state index is 2.60. The van der Waals surface area contributed by atoms with Crippen molar-refractivity contribution in [1.29, 1.82) is 0 Å². The molecule has 0 amide bonds. The standard InChI is InChI=1S/C10H20IN/c1-9-4-6-12(7-5-11)8-10(9,2)3/h9H,4-8H2,1-3H3. The number of halogens is 1. The summed E-state index contributed by atoms with van der Waals surface area (Å²) in [7, 11) is 0. The molecule has 0 aliphatic carbocycles. The van der Waals surface area contributed by atoms with E-state index < -0.39 is 0 Å². The number of alkyl halides is 1. The molecule has 2 heteroatoms. The summed E-state index contributed by atoms with van der Waals surface area (Å²) >= 11 is 2.47. The van der Waals surface area contributed by atoms with Crippen molar-refractivity contribution in [2.45, 2.75) is 27.2 Å². The molecule has 0 N–H and O–H groups in total. The van der Waals surface area contributed by atoms with Crippen LogP contribution in [0.2, 0.25) is 0 Å². The first-order valence-corrected chi connectivity index (χ1v) is 6.37. The van der Waals surface area contributed by atoms with Crippen molar-refractivity contribution in [3.8, 4) is 0 Å². The first kappa shape index (κ1) is 10.8. The van der Waals surface area contributed by atoms with Crippen molar-refractivity contribution in [1.82, 2.24) is 4.90 Å². The van der Waals surface area contributed by atoms with Gasteiger partial charge in [-0.1, -0.05) is 43.4 Å². The lowest BCUT2D eigenvalue weighted by Crippen LogP contribution is -2.45. The quantitative estimate of drug-likeness (QED) is 0.555. The Balaban J connectivity index is 2.45. The Morgan fingerprint density at radius 1 is 1.50 bits per heavy atom. The van der Waals surface area contributed by atoms with Crippen molar-refractivity contribution >= 4 is 22.6 Å². The fourth-order valence-electron chi connectivity index (χ4n) is 1.89. The zero-order valence-corrected chi connectivity index (χ0v) is 10.6. The van der Waals surface area contributed by atoms with Gasteiger partial charge in [0, 0.05) is 17.5 Å². The smallest absolute Gasteiger partial charge is 0.0123 e. The van der Waals surface area contributed by atoms with Gasteiger partial charge in [-0.3, -0.25) is 0 Å². The predicted octanol–water partition coefficient (Wildman–Crippen LogP) is 2.79. The summed E-state index contributed by atoms with van der Waals surface area (Å²) in [5.41, 5.74) is 0.532. The van der Waals surface area contributed by atoms with Crippen molar-refractivity contribution in [2.24, 2.45) is 11.3 Å². The average Bonchev–Trinajstić information content (AvgIpc) is 1.97. The third kappa shape index (κ3) is 2.59. The Kier molecular flexibility index (Phi) is 3.83. The topological polar surface area (TPSA) is 3.24 Å². The molecule has 0 radical (unpaired) electrons. The third-order valence-corrected chi connectivity index (χ3v) is 3.73. The number of hydrogen-bond acceptors (Lipinski definition) is 1. The normalized spacial score (nSPS) is 30.5. The maximum Gasteiger partial charge on any atom is 0.0123 e. The van der Waals surface area contributed by atoms with E-state index in [1.807, 2.05) is 0 Å². The van der Waals surface area contributed by atoms with E-state index in [1.54, 1.807) is 0 Å². The van der Waals surface area contributed by atoms with E-state index in [0.717, 1.165) is 5.92 Å². The van der Waals surface area contributed by atoms with Crippen molar-refractivity contribution in [3.63, 3.8) is 0 Å². The van der Waals surface area contributed by atoms with Crippen LogP contribution in [0, 0.1) is 11.3 Å². The highest BCUT2D eigenvalue weighted by Crippen LogP contribution is 2.34. The summed E-state index contributed by atoms with van der Waals surface area (Å²) in [5, 5.41) is 0. The fourth-order valence-corrected chi connectivity index (χ4v) is 2.57. The molecule has 0 aromatic heterocycles. The first-order valence-electron chi connectivity index (χ1n) is 4.84. The minimum Gasteiger partial charge on any atom is -0.302 e. The van der Waals surface area contributed by atoms with Crippen LogP contribution in [0.4, 0.5) is 0 Å². The molecule has 1 aliphatic heterocycles. The van der Waals surface area contributed by atoms with Gasteiger partial charge in [-0.15, -0.1) is 0 Å². The molecule has 0 spiro atoms. The zero-order chi connectivity index (χ0) is 9.19. The highest BCUT2D eigenvalue weighted by molar-refractivity contribution is 14.1. The van der Waals surface area contributed by atoms with Crippen LogP contribution in [-0.4, -0.2) is 29.0 Å². The molecule has 1 fully saturated rings. The average molecular weight is 281 g/mol. The van der Waals surface area contributed by atoms with E-state index in [-0.39, 0.29) is 0 Å². The lowest BCUT2D eigenvalue weighted by atomic mass is 9.75. The zero-order valence-electron chi connectivity index (χ0n) is 8.44.